The van der Waals surface area contributed by atoms with Crippen LogP contribution >= 0.6 is 23.2 Å². The molecule has 0 aliphatic carbocycles. The Morgan fingerprint density at radius 1 is 1.31 bits per heavy atom. The standard InChI is InChI=1S/C9H9Cl2NO/c10-8-4-3-7(6-9(8)11)2-1-5-13-12/h1-4,6H,5,12H2/b2-1+. The highest BCUT2D eigenvalue weighted by molar-refractivity contribution is 6.42. The van der Waals surface area contributed by atoms with Crippen LogP contribution in [0.1, 0.15) is 5.56 Å². The summed E-state index contributed by atoms with van der Waals surface area (Å²) in [4.78, 5) is 4.37. The summed E-state index contributed by atoms with van der Waals surface area (Å²) in [5.41, 5.74) is 0.964. The van der Waals surface area contributed by atoms with Crippen LogP contribution in [-0.4, -0.2) is 6.61 Å². The molecule has 0 atom stereocenters. The molecular formula is C9H9Cl2NO. The lowest BCUT2D eigenvalue weighted by Crippen LogP contribution is -1.96. The second-order valence-corrected chi connectivity index (χ2v) is 3.22. The molecule has 0 spiro atoms. The average Bonchev–Trinajstić information content (AvgIpc) is 2.12. The number of hydrogen-bond donors (Lipinski definition) is 1. The Balaban J connectivity index is 2.73. The number of benzene rings is 1. The molecule has 4 heteroatoms. The fourth-order valence-corrected chi connectivity index (χ4v) is 1.16. The van der Waals surface area contributed by atoms with Gasteiger partial charge in [0.05, 0.1) is 16.7 Å². The monoisotopic (exact) mass is 217 g/mol. The zero-order valence-electron chi connectivity index (χ0n) is 6.84. The summed E-state index contributed by atoms with van der Waals surface area (Å²) in [5, 5.41) is 1.09. The highest BCUT2D eigenvalue weighted by Crippen LogP contribution is 2.22. The summed E-state index contributed by atoms with van der Waals surface area (Å²) < 4.78 is 0. The van der Waals surface area contributed by atoms with Crippen LogP contribution in [0.4, 0.5) is 0 Å². The smallest absolute Gasteiger partial charge is 0.0864 e. The van der Waals surface area contributed by atoms with Crippen LogP contribution in [0.5, 0.6) is 0 Å². The second-order valence-electron chi connectivity index (χ2n) is 2.41. The average molecular weight is 218 g/mol. The van der Waals surface area contributed by atoms with Crippen molar-refractivity contribution in [3.63, 3.8) is 0 Å². The van der Waals surface area contributed by atoms with Crippen molar-refractivity contribution < 1.29 is 4.84 Å². The second kappa shape index (κ2) is 5.25. The minimum absolute atomic E-state index is 0.375. The van der Waals surface area contributed by atoms with Crippen LogP contribution in [-0.2, 0) is 4.84 Å². The third-order valence-electron chi connectivity index (χ3n) is 1.45. The predicted molar refractivity (Wildman–Crippen MR) is 55.6 cm³/mol. The van der Waals surface area contributed by atoms with Gasteiger partial charge in [-0.2, -0.15) is 0 Å². The van der Waals surface area contributed by atoms with Gasteiger partial charge in [-0.25, -0.2) is 5.90 Å². The van der Waals surface area contributed by atoms with E-state index in [1.54, 1.807) is 18.2 Å². The fraction of sp³-hybridized carbons (Fsp3) is 0.111. The van der Waals surface area contributed by atoms with Crippen LogP contribution in [0.25, 0.3) is 6.08 Å². The van der Waals surface area contributed by atoms with Gasteiger partial charge in [0.25, 0.3) is 0 Å². The van der Waals surface area contributed by atoms with Gasteiger partial charge in [-0.15, -0.1) is 0 Å². The molecule has 0 aliphatic rings. The van der Waals surface area contributed by atoms with Gasteiger partial charge in [-0.05, 0) is 17.7 Å². The van der Waals surface area contributed by atoms with Crippen LogP contribution in [0.3, 0.4) is 0 Å². The van der Waals surface area contributed by atoms with E-state index in [1.807, 2.05) is 12.1 Å². The molecule has 0 aliphatic heterocycles. The molecule has 0 radical (unpaired) electrons. The Morgan fingerprint density at radius 3 is 2.69 bits per heavy atom. The molecular weight excluding hydrogens is 209 g/mol. The number of hydrogen-bond acceptors (Lipinski definition) is 2. The van der Waals surface area contributed by atoms with Crippen molar-refractivity contribution in [3.05, 3.63) is 39.9 Å². The van der Waals surface area contributed by atoms with Crippen molar-refractivity contribution in [1.29, 1.82) is 0 Å². The molecule has 70 valence electrons. The number of rotatable bonds is 3. The van der Waals surface area contributed by atoms with Crippen LogP contribution in [0.15, 0.2) is 24.3 Å². The van der Waals surface area contributed by atoms with Gasteiger partial charge in [0.2, 0.25) is 0 Å². The lowest BCUT2D eigenvalue weighted by atomic mass is 10.2. The predicted octanol–water partition coefficient (Wildman–Crippen LogP) is 2.90. The first-order valence-corrected chi connectivity index (χ1v) is 4.43. The third kappa shape index (κ3) is 3.36. The quantitative estimate of drug-likeness (QED) is 0.791. The summed E-state index contributed by atoms with van der Waals surface area (Å²) >= 11 is 11.5. The lowest BCUT2D eigenvalue weighted by Gasteiger charge is -1.97. The van der Waals surface area contributed by atoms with Crippen molar-refractivity contribution in [3.8, 4) is 0 Å². The van der Waals surface area contributed by atoms with Gasteiger partial charge >= 0.3 is 0 Å². The Hall–Kier alpha value is -0.540. The Kier molecular flexibility index (Phi) is 4.25. The van der Waals surface area contributed by atoms with E-state index < -0.39 is 0 Å². The maximum atomic E-state index is 5.80. The molecule has 0 saturated heterocycles. The minimum Gasteiger partial charge on any atom is -0.300 e. The fourth-order valence-electron chi connectivity index (χ4n) is 0.856. The minimum atomic E-state index is 0.375. The molecule has 0 bridgehead atoms. The first-order chi connectivity index (χ1) is 6.24. The van der Waals surface area contributed by atoms with Gasteiger partial charge in [0.15, 0.2) is 0 Å². The molecule has 13 heavy (non-hydrogen) atoms. The Bertz CT molecular complexity index is 312. The molecule has 2 nitrogen and oxygen atoms in total. The molecule has 0 aromatic heterocycles. The molecule has 0 amide bonds. The van der Waals surface area contributed by atoms with Gasteiger partial charge in [0, 0.05) is 0 Å². The van der Waals surface area contributed by atoms with E-state index in [0.717, 1.165) is 5.56 Å². The summed E-state index contributed by atoms with van der Waals surface area (Å²) in [6.07, 6.45) is 3.65. The molecule has 0 fully saturated rings. The summed E-state index contributed by atoms with van der Waals surface area (Å²) in [6, 6.07) is 5.38. The van der Waals surface area contributed by atoms with Crippen molar-refractivity contribution in [2.24, 2.45) is 5.90 Å². The molecule has 0 heterocycles. The third-order valence-corrected chi connectivity index (χ3v) is 2.19. The van der Waals surface area contributed by atoms with Gasteiger partial charge in [0.1, 0.15) is 0 Å². The molecule has 1 aromatic rings. The maximum absolute atomic E-state index is 5.80. The van der Waals surface area contributed by atoms with E-state index in [-0.39, 0.29) is 0 Å². The topological polar surface area (TPSA) is 35.2 Å². The first kappa shape index (κ1) is 10.5. The maximum Gasteiger partial charge on any atom is 0.0864 e. The molecule has 2 N–H and O–H groups in total. The van der Waals surface area contributed by atoms with Crippen molar-refractivity contribution in [2.45, 2.75) is 0 Å². The zero-order chi connectivity index (χ0) is 9.68. The molecule has 0 unspecified atom stereocenters. The van der Waals surface area contributed by atoms with E-state index in [9.17, 15) is 0 Å². The van der Waals surface area contributed by atoms with Gasteiger partial charge in [-0.3, -0.25) is 0 Å². The van der Waals surface area contributed by atoms with Crippen molar-refractivity contribution in [2.75, 3.05) is 6.61 Å². The van der Waals surface area contributed by atoms with Crippen molar-refractivity contribution >= 4 is 29.3 Å². The lowest BCUT2D eigenvalue weighted by molar-refractivity contribution is 0.168. The van der Waals surface area contributed by atoms with E-state index in [2.05, 4.69) is 4.84 Å². The number of halogens is 2. The van der Waals surface area contributed by atoms with Crippen LogP contribution in [0, 0.1) is 0 Å². The summed E-state index contributed by atoms with van der Waals surface area (Å²) in [6.45, 7) is 0.375. The zero-order valence-corrected chi connectivity index (χ0v) is 8.35. The highest BCUT2D eigenvalue weighted by Gasteiger charge is 1.95. The van der Waals surface area contributed by atoms with E-state index in [4.69, 9.17) is 29.1 Å². The van der Waals surface area contributed by atoms with E-state index >= 15 is 0 Å². The van der Waals surface area contributed by atoms with Crippen molar-refractivity contribution in [1.82, 2.24) is 0 Å². The highest BCUT2D eigenvalue weighted by atomic mass is 35.5. The Morgan fingerprint density at radius 2 is 2.08 bits per heavy atom. The summed E-state index contributed by atoms with van der Waals surface area (Å²) in [7, 11) is 0. The van der Waals surface area contributed by atoms with Crippen LogP contribution in [0.2, 0.25) is 10.0 Å². The number of nitrogens with two attached hydrogens (primary N) is 1. The van der Waals surface area contributed by atoms with Crippen LogP contribution < -0.4 is 5.90 Å². The van der Waals surface area contributed by atoms with E-state index in [0.29, 0.717) is 16.7 Å². The molecule has 1 rings (SSSR count). The van der Waals surface area contributed by atoms with Gasteiger partial charge < -0.3 is 4.84 Å². The van der Waals surface area contributed by atoms with E-state index in [1.165, 1.54) is 0 Å². The molecule has 0 saturated carbocycles. The first-order valence-electron chi connectivity index (χ1n) is 3.67. The molecule has 1 aromatic carbocycles. The largest absolute Gasteiger partial charge is 0.300 e. The van der Waals surface area contributed by atoms with Gasteiger partial charge in [-0.1, -0.05) is 41.4 Å². The normalized spacial score (nSPS) is 11.0. The SMILES string of the molecule is NOC/C=C/c1ccc(Cl)c(Cl)c1. The Labute approximate surface area is 86.9 Å². The summed E-state index contributed by atoms with van der Waals surface area (Å²) in [5.74, 6) is 4.85.